The molecule has 2 N–H and O–H groups in total. The molecule has 1 rings (SSSR count). The van der Waals surface area contributed by atoms with E-state index in [4.69, 9.17) is 5.73 Å². The van der Waals surface area contributed by atoms with Crippen molar-refractivity contribution in [3.63, 3.8) is 0 Å². The number of aryl methyl sites for hydroxylation is 1. The van der Waals surface area contributed by atoms with E-state index in [0.29, 0.717) is 0 Å². The standard InChI is InChI=1S/C13H23N3S/c1-11-5-4-6-13(15-11)10-16(2)9-12(14)7-8-17-3/h4-6,12H,7-10,14H2,1-3H3/t12-/m1/s1. The molecular formula is C13H23N3S. The van der Waals surface area contributed by atoms with Crippen LogP contribution < -0.4 is 5.73 Å². The van der Waals surface area contributed by atoms with Crippen LogP contribution in [0.4, 0.5) is 0 Å². The Kier molecular flexibility index (Phi) is 6.55. The summed E-state index contributed by atoms with van der Waals surface area (Å²) in [6.07, 6.45) is 3.19. The lowest BCUT2D eigenvalue weighted by atomic mass is 10.2. The number of aromatic nitrogens is 1. The fourth-order valence-corrected chi connectivity index (χ4v) is 2.33. The largest absolute Gasteiger partial charge is 0.327 e. The van der Waals surface area contributed by atoms with Gasteiger partial charge in [-0.05, 0) is 44.5 Å². The first-order valence-corrected chi connectivity index (χ1v) is 7.37. The molecular weight excluding hydrogens is 230 g/mol. The Morgan fingerprint density at radius 3 is 2.88 bits per heavy atom. The Balaban J connectivity index is 2.36. The monoisotopic (exact) mass is 253 g/mol. The summed E-state index contributed by atoms with van der Waals surface area (Å²) in [5.74, 6) is 1.14. The maximum Gasteiger partial charge on any atom is 0.0547 e. The molecule has 0 saturated heterocycles. The highest BCUT2D eigenvalue weighted by atomic mass is 32.2. The van der Waals surface area contributed by atoms with E-state index >= 15 is 0 Å². The van der Waals surface area contributed by atoms with Gasteiger partial charge in [-0.3, -0.25) is 9.88 Å². The molecule has 0 bridgehead atoms. The number of thioether (sulfide) groups is 1. The van der Waals surface area contributed by atoms with E-state index in [1.807, 2.05) is 24.8 Å². The summed E-state index contributed by atoms with van der Waals surface area (Å²) < 4.78 is 0. The summed E-state index contributed by atoms with van der Waals surface area (Å²) in [5, 5.41) is 0. The molecule has 0 aliphatic rings. The van der Waals surface area contributed by atoms with Gasteiger partial charge in [-0.1, -0.05) is 6.07 Å². The van der Waals surface area contributed by atoms with E-state index < -0.39 is 0 Å². The predicted octanol–water partition coefficient (Wildman–Crippen LogP) is 1.90. The van der Waals surface area contributed by atoms with Crippen LogP contribution in [0.25, 0.3) is 0 Å². The highest BCUT2D eigenvalue weighted by Crippen LogP contribution is 2.04. The van der Waals surface area contributed by atoms with Crippen LogP contribution in [0.15, 0.2) is 18.2 Å². The van der Waals surface area contributed by atoms with Crippen molar-refractivity contribution in [2.75, 3.05) is 25.6 Å². The van der Waals surface area contributed by atoms with Crippen LogP contribution in [0.2, 0.25) is 0 Å². The summed E-state index contributed by atoms with van der Waals surface area (Å²) in [6.45, 7) is 3.82. The van der Waals surface area contributed by atoms with Crippen LogP contribution in [0.3, 0.4) is 0 Å². The molecule has 0 amide bonds. The molecule has 0 spiro atoms. The first kappa shape index (κ1) is 14.5. The molecule has 0 unspecified atom stereocenters. The lowest BCUT2D eigenvalue weighted by Crippen LogP contribution is -2.35. The van der Waals surface area contributed by atoms with Crippen LogP contribution in [0.1, 0.15) is 17.8 Å². The minimum Gasteiger partial charge on any atom is -0.327 e. The first-order chi connectivity index (χ1) is 8.11. The lowest BCUT2D eigenvalue weighted by Gasteiger charge is -2.20. The van der Waals surface area contributed by atoms with Gasteiger partial charge in [0.05, 0.1) is 5.69 Å². The zero-order chi connectivity index (χ0) is 12.7. The zero-order valence-corrected chi connectivity index (χ0v) is 11.8. The molecule has 0 radical (unpaired) electrons. The predicted molar refractivity (Wildman–Crippen MR) is 76.3 cm³/mol. The van der Waals surface area contributed by atoms with Crippen molar-refractivity contribution in [1.29, 1.82) is 0 Å². The quantitative estimate of drug-likeness (QED) is 0.806. The van der Waals surface area contributed by atoms with Gasteiger partial charge >= 0.3 is 0 Å². The van der Waals surface area contributed by atoms with Gasteiger partial charge in [-0.25, -0.2) is 0 Å². The average Bonchev–Trinajstić information content (AvgIpc) is 2.26. The average molecular weight is 253 g/mol. The maximum atomic E-state index is 6.07. The highest BCUT2D eigenvalue weighted by molar-refractivity contribution is 7.98. The molecule has 1 aromatic rings. The van der Waals surface area contributed by atoms with Crippen molar-refractivity contribution in [2.45, 2.75) is 25.9 Å². The topological polar surface area (TPSA) is 42.1 Å². The van der Waals surface area contributed by atoms with Crippen molar-refractivity contribution < 1.29 is 0 Å². The third-order valence-corrected chi connectivity index (χ3v) is 3.26. The van der Waals surface area contributed by atoms with Gasteiger partial charge in [0.1, 0.15) is 0 Å². The number of hydrogen-bond donors (Lipinski definition) is 1. The molecule has 3 nitrogen and oxygen atoms in total. The molecule has 1 aromatic heterocycles. The third-order valence-electron chi connectivity index (χ3n) is 2.62. The Hall–Kier alpha value is -0.580. The number of nitrogens with two attached hydrogens (primary N) is 1. The van der Waals surface area contributed by atoms with E-state index in [1.54, 1.807) is 0 Å². The molecule has 96 valence electrons. The summed E-state index contributed by atoms with van der Waals surface area (Å²) in [6, 6.07) is 6.40. The number of pyridine rings is 1. The summed E-state index contributed by atoms with van der Waals surface area (Å²) >= 11 is 1.85. The van der Waals surface area contributed by atoms with Crippen molar-refractivity contribution in [3.8, 4) is 0 Å². The highest BCUT2D eigenvalue weighted by Gasteiger charge is 2.07. The first-order valence-electron chi connectivity index (χ1n) is 5.97. The minimum absolute atomic E-state index is 0.261. The molecule has 1 atom stereocenters. The maximum absolute atomic E-state index is 6.07. The van der Waals surface area contributed by atoms with E-state index in [9.17, 15) is 0 Å². The minimum atomic E-state index is 0.261. The van der Waals surface area contributed by atoms with E-state index in [2.05, 4.69) is 35.3 Å². The van der Waals surface area contributed by atoms with Gasteiger partial charge < -0.3 is 5.73 Å². The number of likely N-dealkylation sites (N-methyl/N-ethyl adjacent to an activating group) is 1. The summed E-state index contributed by atoms with van der Waals surface area (Å²) in [4.78, 5) is 6.74. The summed E-state index contributed by atoms with van der Waals surface area (Å²) in [7, 11) is 2.10. The number of nitrogens with zero attached hydrogens (tertiary/aromatic N) is 2. The molecule has 17 heavy (non-hydrogen) atoms. The van der Waals surface area contributed by atoms with Gasteiger partial charge in [0, 0.05) is 24.8 Å². The van der Waals surface area contributed by atoms with Crippen molar-refractivity contribution in [2.24, 2.45) is 5.73 Å². The molecule has 0 aromatic carbocycles. The fourth-order valence-electron chi connectivity index (χ4n) is 1.79. The van der Waals surface area contributed by atoms with E-state index in [0.717, 1.165) is 36.7 Å². The zero-order valence-electron chi connectivity index (χ0n) is 11.0. The Morgan fingerprint density at radius 1 is 1.47 bits per heavy atom. The molecule has 0 saturated carbocycles. The van der Waals surface area contributed by atoms with E-state index in [-0.39, 0.29) is 6.04 Å². The van der Waals surface area contributed by atoms with Gasteiger partial charge in [0.15, 0.2) is 0 Å². The molecule has 0 aliphatic carbocycles. The van der Waals surface area contributed by atoms with Gasteiger partial charge in [-0.15, -0.1) is 0 Å². The lowest BCUT2D eigenvalue weighted by molar-refractivity contribution is 0.297. The SMILES string of the molecule is CSCC[C@@H](N)CN(C)Cc1cccc(C)n1. The molecule has 1 heterocycles. The van der Waals surface area contributed by atoms with Crippen LogP contribution in [0.5, 0.6) is 0 Å². The number of hydrogen-bond acceptors (Lipinski definition) is 4. The smallest absolute Gasteiger partial charge is 0.0547 e. The Bertz CT molecular complexity index is 330. The Morgan fingerprint density at radius 2 is 2.24 bits per heavy atom. The van der Waals surface area contributed by atoms with Crippen molar-refractivity contribution >= 4 is 11.8 Å². The molecule has 0 aliphatic heterocycles. The molecule has 4 heteroatoms. The van der Waals surface area contributed by atoms with Crippen LogP contribution in [0, 0.1) is 6.92 Å². The third kappa shape index (κ3) is 6.05. The van der Waals surface area contributed by atoms with Gasteiger partial charge in [-0.2, -0.15) is 11.8 Å². The van der Waals surface area contributed by atoms with Crippen LogP contribution in [-0.4, -0.2) is 41.5 Å². The van der Waals surface area contributed by atoms with Crippen molar-refractivity contribution in [1.82, 2.24) is 9.88 Å². The second-order valence-electron chi connectivity index (χ2n) is 4.51. The van der Waals surface area contributed by atoms with Crippen molar-refractivity contribution in [3.05, 3.63) is 29.6 Å². The Labute approximate surface area is 109 Å². The van der Waals surface area contributed by atoms with E-state index in [1.165, 1.54) is 0 Å². The van der Waals surface area contributed by atoms with Gasteiger partial charge in [0.2, 0.25) is 0 Å². The molecule has 0 fully saturated rings. The van der Waals surface area contributed by atoms with Crippen LogP contribution in [-0.2, 0) is 6.54 Å². The van der Waals surface area contributed by atoms with Crippen LogP contribution >= 0.6 is 11.8 Å². The fraction of sp³-hybridized carbons (Fsp3) is 0.615. The summed E-state index contributed by atoms with van der Waals surface area (Å²) in [5.41, 5.74) is 8.26. The number of rotatable bonds is 7. The second kappa shape index (κ2) is 7.69. The normalized spacial score (nSPS) is 13.0. The second-order valence-corrected chi connectivity index (χ2v) is 5.49. The van der Waals surface area contributed by atoms with Gasteiger partial charge in [0.25, 0.3) is 0 Å².